The molecule has 0 saturated carbocycles. The smallest absolute Gasteiger partial charge is 0.282 e. The van der Waals surface area contributed by atoms with Gasteiger partial charge in [-0.2, -0.15) is 0 Å². The maximum Gasteiger partial charge on any atom is 0.282 e. The van der Waals surface area contributed by atoms with E-state index in [1.807, 2.05) is 0 Å². The second kappa shape index (κ2) is 25.9. The summed E-state index contributed by atoms with van der Waals surface area (Å²) >= 11 is 0. The summed E-state index contributed by atoms with van der Waals surface area (Å²) in [6.45, 7) is 15.4. The fraction of sp³-hybridized carbons (Fsp3) is 1.00. The highest BCUT2D eigenvalue weighted by atomic mass is 16.9. The van der Waals surface area contributed by atoms with E-state index < -0.39 is 5.97 Å². The van der Waals surface area contributed by atoms with E-state index in [0.29, 0.717) is 0 Å². The van der Waals surface area contributed by atoms with Gasteiger partial charge in [-0.1, -0.05) is 112 Å². The number of hydrogen-bond acceptors (Lipinski definition) is 3. The average Bonchev–Trinajstić information content (AvgIpc) is 2.74. The van der Waals surface area contributed by atoms with Crippen molar-refractivity contribution in [2.24, 2.45) is 0 Å². The lowest BCUT2D eigenvalue weighted by molar-refractivity contribution is -0.384. The van der Waals surface area contributed by atoms with Crippen molar-refractivity contribution in [2.75, 3.05) is 19.8 Å². The van der Waals surface area contributed by atoms with Crippen molar-refractivity contribution >= 4 is 0 Å². The van der Waals surface area contributed by atoms with Crippen LogP contribution in [0.4, 0.5) is 0 Å². The molecule has 0 aliphatic rings. The molecule has 0 N–H and O–H groups in total. The fourth-order valence-electron chi connectivity index (χ4n) is 2.76. The third-order valence-corrected chi connectivity index (χ3v) is 5.05. The van der Waals surface area contributed by atoms with E-state index in [0.717, 1.165) is 71.2 Å². The Morgan fingerprint density at radius 3 is 1.07 bits per heavy atom. The van der Waals surface area contributed by atoms with E-state index >= 15 is 0 Å². The van der Waals surface area contributed by atoms with Crippen LogP contribution in [0.1, 0.15) is 144 Å². The molecular formula is C26H56O3. The first-order valence-electron chi connectivity index (χ1n) is 13.1. The SMILES string of the molecule is CCCC.CCCCCCCCCC(OCCCC)(OCCCC)OCCCC. The molecule has 3 heteroatoms. The van der Waals surface area contributed by atoms with Crippen LogP contribution < -0.4 is 0 Å². The van der Waals surface area contributed by atoms with Gasteiger partial charge in [0.1, 0.15) is 0 Å². The van der Waals surface area contributed by atoms with Gasteiger partial charge in [-0.05, 0) is 25.7 Å². The summed E-state index contributed by atoms with van der Waals surface area (Å²) in [6.07, 6.45) is 19.2. The molecule has 0 unspecified atom stereocenters. The second-order valence-electron chi connectivity index (χ2n) is 8.16. The molecule has 0 fully saturated rings. The molecule has 0 rings (SSSR count). The standard InChI is InChI=1S/C22H46O3.C4H10/c1-5-9-13-14-15-16-17-18-22(23-19-10-6-2,24-20-11-7-3)25-21-12-8-4;1-3-4-2/h5-21H2,1-4H3;3-4H2,1-2H3. The van der Waals surface area contributed by atoms with Gasteiger partial charge >= 0.3 is 0 Å². The topological polar surface area (TPSA) is 27.7 Å². The quantitative estimate of drug-likeness (QED) is 0.138. The summed E-state index contributed by atoms with van der Waals surface area (Å²) in [5.74, 6) is -0.803. The molecule has 0 amide bonds. The Kier molecular flexibility index (Phi) is 27.8. The first-order valence-corrected chi connectivity index (χ1v) is 13.1. The molecule has 0 aliphatic heterocycles. The molecule has 0 atom stereocenters. The van der Waals surface area contributed by atoms with Crippen LogP contribution in [0.2, 0.25) is 0 Å². The minimum atomic E-state index is -0.803. The molecule has 0 spiro atoms. The highest BCUT2D eigenvalue weighted by Crippen LogP contribution is 2.25. The summed E-state index contributed by atoms with van der Waals surface area (Å²) in [6, 6.07) is 0. The Bertz CT molecular complexity index is 253. The average molecular weight is 417 g/mol. The maximum atomic E-state index is 6.16. The molecule has 0 bridgehead atoms. The minimum absolute atomic E-state index is 0.727. The molecule has 0 aromatic carbocycles. The first-order chi connectivity index (χ1) is 14.2. The van der Waals surface area contributed by atoms with Crippen LogP contribution in [0, 0.1) is 0 Å². The molecule has 3 nitrogen and oxygen atoms in total. The van der Waals surface area contributed by atoms with Crippen LogP contribution in [0.15, 0.2) is 0 Å². The van der Waals surface area contributed by atoms with Gasteiger partial charge in [-0.25, -0.2) is 0 Å². The molecule has 0 saturated heterocycles. The van der Waals surface area contributed by atoms with Gasteiger partial charge < -0.3 is 14.2 Å². The number of hydrogen-bond donors (Lipinski definition) is 0. The predicted octanol–water partition coefficient (Wildman–Crippen LogP) is 9.04. The van der Waals surface area contributed by atoms with Gasteiger partial charge in [-0.15, -0.1) is 0 Å². The van der Waals surface area contributed by atoms with Crippen LogP contribution in [-0.4, -0.2) is 25.8 Å². The summed E-state index contributed by atoms with van der Waals surface area (Å²) in [5.41, 5.74) is 0. The zero-order chi connectivity index (χ0) is 22.1. The van der Waals surface area contributed by atoms with Gasteiger partial charge in [0.2, 0.25) is 0 Å². The lowest BCUT2D eigenvalue weighted by Crippen LogP contribution is -2.40. The predicted molar refractivity (Wildman–Crippen MR) is 129 cm³/mol. The molecule has 0 aliphatic carbocycles. The fourth-order valence-corrected chi connectivity index (χ4v) is 2.76. The Hall–Kier alpha value is -0.120. The van der Waals surface area contributed by atoms with E-state index in [1.165, 1.54) is 51.4 Å². The van der Waals surface area contributed by atoms with Crippen molar-refractivity contribution in [2.45, 2.75) is 150 Å². The zero-order valence-corrected chi connectivity index (χ0v) is 21.2. The van der Waals surface area contributed by atoms with E-state index in [9.17, 15) is 0 Å². The Morgan fingerprint density at radius 2 is 0.724 bits per heavy atom. The van der Waals surface area contributed by atoms with Crippen LogP contribution in [-0.2, 0) is 14.2 Å². The minimum Gasteiger partial charge on any atom is -0.327 e. The van der Waals surface area contributed by atoms with E-state index in [1.54, 1.807) is 0 Å². The third-order valence-electron chi connectivity index (χ3n) is 5.05. The largest absolute Gasteiger partial charge is 0.327 e. The van der Waals surface area contributed by atoms with Crippen LogP contribution in [0.5, 0.6) is 0 Å². The summed E-state index contributed by atoms with van der Waals surface area (Å²) in [4.78, 5) is 0. The Balaban J connectivity index is 0. The molecular weight excluding hydrogens is 360 g/mol. The van der Waals surface area contributed by atoms with Crippen molar-refractivity contribution in [1.29, 1.82) is 0 Å². The summed E-state index contributed by atoms with van der Waals surface area (Å²) in [7, 11) is 0. The number of ether oxygens (including phenoxy) is 3. The zero-order valence-electron chi connectivity index (χ0n) is 21.2. The second-order valence-corrected chi connectivity index (χ2v) is 8.16. The highest BCUT2D eigenvalue weighted by Gasteiger charge is 2.32. The highest BCUT2D eigenvalue weighted by molar-refractivity contribution is 4.61. The van der Waals surface area contributed by atoms with Gasteiger partial charge in [0.15, 0.2) is 0 Å². The third kappa shape index (κ3) is 22.4. The Labute approximate surface area is 184 Å². The maximum absolute atomic E-state index is 6.16. The summed E-state index contributed by atoms with van der Waals surface area (Å²) in [5, 5.41) is 0. The van der Waals surface area contributed by atoms with Crippen LogP contribution >= 0.6 is 0 Å². The van der Waals surface area contributed by atoms with Crippen molar-refractivity contribution in [3.05, 3.63) is 0 Å². The van der Waals surface area contributed by atoms with E-state index in [2.05, 4.69) is 41.5 Å². The summed E-state index contributed by atoms with van der Waals surface area (Å²) < 4.78 is 18.5. The van der Waals surface area contributed by atoms with Crippen molar-refractivity contribution in [3.8, 4) is 0 Å². The lowest BCUT2D eigenvalue weighted by atomic mass is 10.1. The van der Waals surface area contributed by atoms with Gasteiger partial charge in [0.05, 0.1) is 19.8 Å². The van der Waals surface area contributed by atoms with E-state index in [-0.39, 0.29) is 0 Å². The molecule has 0 aromatic heterocycles. The Morgan fingerprint density at radius 1 is 0.379 bits per heavy atom. The molecule has 29 heavy (non-hydrogen) atoms. The molecule has 0 heterocycles. The van der Waals surface area contributed by atoms with Gasteiger partial charge in [-0.3, -0.25) is 0 Å². The van der Waals surface area contributed by atoms with Crippen molar-refractivity contribution < 1.29 is 14.2 Å². The normalized spacial score (nSPS) is 11.4. The van der Waals surface area contributed by atoms with Gasteiger partial charge in [0, 0.05) is 6.42 Å². The monoisotopic (exact) mass is 416 g/mol. The van der Waals surface area contributed by atoms with Crippen molar-refractivity contribution in [3.63, 3.8) is 0 Å². The molecule has 178 valence electrons. The molecule has 0 radical (unpaired) electrons. The number of rotatable bonds is 21. The first kappa shape index (κ1) is 31.1. The van der Waals surface area contributed by atoms with Gasteiger partial charge in [0.25, 0.3) is 5.97 Å². The van der Waals surface area contributed by atoms with E-state index in [4.69, 9.17) is 14.2 Å². The lowest BCUT2D eigenvalue weighted by Gasteiger charge is -2.33. The van der Waals surface area contributed by atoms with Crippen molar-refractivity contribution in [1.82, 2.24) is 0 Å². The van der Waals surface area contributed by atoms with Crippen LogP contribution in [0.3, 0.4) is 0 Å². The van der Waals surface area contributed by atoms with Crippen LogP contribution in [0.25, 0.3) is 0 Å². The molecule has 0 aromatic rings. The number of unbranched alkanes of at least 4 members (excludes halogenated alkanes) is 10.